The predicted molar refractivity (Wildman–Crippen MR) is 128 cm³/mol. The van der Waals surface area contributed by atoms with Crippen molar-refractivity contribution in [2.75, 3.05) is 23.4 Å². The highest BCUT2D eigenvalue weighted by molar-refractivity contribution is 6.31. The van der Waals surface area contributed by atoms with Gasteiger partial charge in [0.25, 0.3) is 5.91 Å². The zero-order valence-corrected chi connectivity index (χ0v) is 19.3. The van der Waals surface area contributed by atoms with E-state index >= 15 is 0 Å². The van der Waals surface area contributed by atoms with Crippen LogP contribution in [0.5, 0.6) is 5.75 Å². The van der Waals surface area contributed by atoms with E-state index in [0.29, 0.717) is 34.5 Å². The summed E-state index contributed by atoms with van der Waals surface area (Å²) < 4.78 is 10.8. The number of hydrogen-bond acceptors (Lipinski definition) is 5. The molecule has 8 nitrogen and oxygen atoms in total. The summed E-state index contributed by atoms with van der Waals surface area (Å²) in [7, 11) is 0. The van der Waals surface area contributed by atoms with Crippen LogP contribution < -0.4 is 20.3 Å². The second kappa shape index (κ2) is 10.4. The van der Waals surface area contributed by atoms with Crippen molar-refractivity contribution >= 4 is 40.7 Å². The number of furan rings is 1. The van der Waals surface area contributed by atoms with E-state index in [1.165, 1.54) is 0 Å². The van der Waals surface area contributed by atoms with Crippen molar-refractivity contribution in [1.29, 1.82) is 0 Å². The molecule has 1 fully saturated rings. The van der Waals surface area contributed by atoms with E-state index in [9.17, 15) is 14.4 Å². The van der Waals surface area contributed by atoms with E-state index in [4.69, 9.17) is 20.8 Å². The molecule has 34 heavy (non-hydrogen) atoms. The van der Waals surface area contributed by atoms with Gasteiger partial charge < -0.3 is 24.7 Å². The Labute approximate surface area is 201 Å². The second-order valence-electron chi connectivity index (χ2n) is 8.00. The lowest BCUT2D eigenvalue weighted by molar-refractivity contribution is -0.126. The summed E-state index contributed by atoms with van der Waals surface area (Å²) >= 11 is 6.08. The van der Waals surface area contributed by atoms with Gasteiger partial charge in [0.05, 0.1) is 18.7 Å². The molecule has 0 spiro atoms. The van der Waals surface area contributed by atoms with Crippen molar-refractivity contribution in [1.82, 2.24) is 5.32 Å². The smallest absolute Gasteiger partial charge is 0.262 e. The van der Waals surface area contributed by atoms with Crippen molar-refractivity contribution in [2.24, 2.45) is 5.92 Å². The standard InChI is InChI=1S/C25H24ClN3O5/c1-16-4-5-18(12-22(16)26)28-23(30)15-34-20-8-6-19(7-9-20)29-14-17(11-24(29)31)25(32)27-13-21-3-2-10-33-21/h2-10,12,17H,11,13-15H2,1H3,(H,27,32)(H,28,30)/t17-/m0/s1. The van der Waals surface area contributed by atoms with E-state index in [-0.39, 0.29) is 37.3 Å². The molecule has 0 saturated carbocycles. The predicted octanol–water partition coefficient (Wildman–Crippen LogP) is 3.93. The zero-order chi connectivity index (χ0) is 24.1. The molecule has 1 atom stereocenters. The molecule has 1 saturated heterocycles. The monoisotopic (exact) mass is 481 g/mol. The van der Waals surface area contributed by atoms with Crippen LogP contribution in [0.3, 0.4) is 0 Å². The fraction of sp³-hybridized carbons (Fsp3) is 0.240. The maximum absolute atomic E-state index is 12.5. The summed E-state index contributed by atoms with van der Waals surface area (Å²) in [4.78, 5) is 38.6. The minimum atomic E-state index is -0.433. The van der Waals surface area contributed by atoms with Gasteiger partial charge >= 0.3 is 0 Å². The number of aryl methyl sites for hydroxylation is 1. The lowest BCUT2D eigenvalue weighted by atomic mass is 10.1. The normalized spacial score (nSPS) is 15.3. The van der Waals surface area contributed by atoms with E-state index in [1.807, 2.05) is 13.0 Å². The van der Waals surface area contributed by atoms with E-state index in [2.05, 4.69) is 10.6 Å². The van der Waals surface area contributed by atoms with Gasteiger partial charge in [-0.15, -0.1) is 0 Å². The number of anilines is 2. The fourth-order valence-corrected chi connectivity index (χ4v) is 3.78. The minimum Gasteiger partial charge on any atom is -0.484 e. The molecule has 9 heteroatoms. The molecule has 1 aliphatic rings. The first-order valence-corrected chi connectivity index (χ1v) is 11.2. The molecule has 3 aromatic rings. The van der Waals surface area contributed by atoms with Gasteiger partial charge in [0.15, 0.2) is 6.61 Å². The molecule has 0 aliphatic carbocycles. The summed E-state index contributed by atoms with van der Waals surface area (Å²) in [5.41, 5.74) is 2.18. The molecule has 2 N–H and O–H groups in total. The zero-order valence-electron chi connectivity index (χ0n) is 18.5. The van der Waals surface area contributed by atoms with E-state index < -0.39 is 5.92 Å². The first kappa shape index (κ1) is 23.4. The molecule has 0 radical (unpaired) electrons. The first-order chi connectivity index (χ1) is 16.4. The van der Waals surface area contributed by atoms with E-state index in [1.54, 1.807) is 59.7 Å². The maximum atomic E-state index is 12.5. The SMILES string of the molecule is Cc1ccc(NC(=O)COc2ccc(N3C[C@@H](C(=O)NCc4ccco4)CC3=O)cc2)cc1Cl. The van der Waals surface area contributed by atoms with Crippen LogP contribution in [0.1, 0.15) is 17.7 Å². The van der Waals surface area contributed by atoms with Gasteiger partial charge in [-0.3, -0.25) is 14.4 Å². The number of nitrogens with one attached hydrogen (secondary N) is 2. The van der Waals surface area contributed by atoms with Crippen molar-refractivity contribution in [3.8, 4) is 5.75 Å². The highest BCUT2D eigenvalue weighted by Gasteiger charge is 2.35. The number of halogens is 1. The Bertz CT molecular complexity index is 1180. The Morgan fingerprint density at radius 1 is 1.18 bits per heavy atom. The molecule has 0 unspecified atom stereocenters. The van der Waals surface area contributed by atoms with Gasteiger partial charge in [-0.25, -0.2) is 0 Å². The quantitative estimate of drug-likeness (QED) is 0.507. The molecule has 3 amide bonds. The number of rotatable bonds is 8. The molecule has 2 aromatic carbocycles. The third kappa shape index (κ3) is 5.77. The Morgan fingerprint density at radius 2 is 1.97 bits per heavy atom. The minimum absolute atomic E-state index is 0.122. The highest BCUT2D eigenvalue weighted by atomic mass is 35.5. The molecule has 4 rings (SSSR count). The largest absolute Gasteiger partial charge is 0.484 e. The van der Waals surface area contributed by atoms with Crippen LogP contribution in [0.25, 0.3) is 0 Å². The molecule has 0 bridgehead atoms. The third-order valence-electron chi connectivity index (χ3n) is 5.49. The lowest BCUT2D eigenvalue weighted by Crippen LogP contribution is -2.32. The van der Waals surface area contributed by atoms with Gasteiger partial charge in [-0.2, -0.15) is 0 Å². The van der Waals surface area contributed by atoms with Crippen LogP contribution in [-0.2, 0) is 20.9 Å². The molecule has 2 heterocycles. The van der Waals surface area contributed by atoms with Crippen LogP contribution in [0.15, 0.2) is 65.3 Å². The van der Waals surface area contributed by atoms with Crippen molar-refractivity contribution < 1.29 is 23.5 Å². The van der Waals surface area contributed by atoms with Crippen molar-refractivity contribution in [3.05, 3.63) is 77.2 Å². The number of hydrogen-bond donors (Lipinski definition) is 2. The average Bonchev–Trinajstić information content (AvgIpc) is 3.49. The van der Waals surface area contributed by atoms with Crippen LogP contribution in [0.2, 0.25) is 5.02 Å². The average molecular weight is 482 g/mol. The summed E-state index contributed by atoms with van der Waals surface area (Å²) in [5, 5.41) is 6.11. The number of benzene rings is 2. The fourth-order valence-electron chi connectivity index (χ4n) is 3.60. The summed E-state index contributed by atoms with van der Waals surface area (Å²) in [5.74, 6) is 0.0807. The molecule has 176 valence electrons. The Morgan fingerprint density at radius 3 is 2.68 bits per heavy atom. The highest BCUT2D eigenvalue weighted by Crippen LogP contribution is 2.27. The van der Waals surface area contributed by atoms with Gasteiger partial charge in [0.2, 0.25) is 11.8 Å². The van der Waals surface area contributed by atoms with Crippen LogP contribution in [0, 0.1) is 12.8 Å². The Hall–Kier alpha value is -3.78. The second-order valence-corrected chi connectivity index (χ2v) is 8.40. The molecule has 1 aliphatic heterocycles. The Balaban J connectivity index is 1.27. The first-order valence-electron chi connectivity index (χ1n) is 10.8. The van der Waals surface area contributed by atoms with Crippen molar-refractivity contribution in [2.45, 2.75) is 19.9 Å². The number of ether oxygens (including phenoxy) is 1. The topological polar surface area (TPSA) is 101 Å². The third-order valence-corrected chi connectivity index (χ3v) is 5.89. The van der Waals surface area contributed by atoms with Crippen LogP contribution in [-0.4, -0.2) is 30.9 Å². The number of carbonyl (C=O) groups excluding carboxylic acids is 3. The summed E-state index contributed by atoms with van der Waals surface area (Å²) in [6.07, 6.45) is 1.69. The number of carbonyl (C=O) groups is 3. The van der Waals surface area contributed by atoms with Gasteiger partial charge in [0, 0.05) is 29.4 Å². The molecular weight excluding hydrogens is 458 g/mol. The van der Waals surface area contributed by atoms with Crippen LogP contribution >= 0.6 is 11.6 Å². The number of amides is 3. The van der Waals surface area contributed by atoms with Crippen molar-refractivity contribution in [3.63, 3.8) is 0 Å². The van der Waals surface area contributed by atoms with Gasteiger partial charge in [-0.1, -0.05) is 17.7 Å². The van der Waals surface area contributed by atoms with E-state index in [0.717, 1.165) is 5.56 Å². The maximum Gasteiger partial charge on any atom is 0.262 e. The lowest BCUT2D eigenvalue weighted by Gasteiger charge is -2.17. The molecular formula is C25H24ClN3O5. The summed E-state index contributed by atoms with van der Waals surface area (Å²) in [6, 6.07) is 15.6. The van der Waals surface area contributed by atoms with Gasteiger partial charge in [0.1, 0.15) is 11.5 Å². The number of nitrogens with zero attached hydrogens (tertiary/aromatic N) is 1. The summed E-state index contributed by atoms with van der Waals surface area (Å²) in [6.45, 7) is 2.29. The van der Waals surface area contributed by atoms with Gasteiger partial charge in [-0.05, 0) is 61.0 Å². The Kier molecular flexibility index (Phi) is 7.18. The molecule has 1 aromatic heterocycles. The van der Waals surface area contributed by atoms with Crippen LogP contribution in [0.4, 0.5) is 11.4 Å².